The highest BCUT2D eigenvalue weighted by Crippen LogP contribution is 2.36. The molecule has 0 bridgehead atoms. The van der Waals surface area contributed by atoms with Crippen LogP contribution in [0.25, 0.3) is 11.4 Å². The van der Waals surface area contributed by atoms with E-state index in [4.69, 9.17) is 0 Å². The molecule has 0 aliphatic heterocycles. The third kappa shape index (κ3) is 5.29. The summed E-state index contributed by atoms with van der Waals surface area (Å²) in [6.45, 7) is -1.07. The molecule has 0 saturated heterocycles. The van der Waals surface area contributed by atoms with E-state index in [1.54, 1.807) is 0 Å². The fourth-order valence-corrected chi connectivity index (χ4v) is 3.18. The molecule has 2 rings (SSSR count). The molecule has 0 saturated carbocycles. The van der Waals surface area contributed by atoms with Crippen molar-refractivity contribution in [3.8, 4) is 17.3 Å². The highest BCUT2D eigenvalue weighted by atomic mass is 32.2. The molecule has 0 radical (unpaired) electrons. The number of nitrogens with zero attached hydrogens (tertiary/aromatic N) is 2. The van der Waals surface area contributed by atoms with Gasteiger partial charge >= 0.3 is 24.2 Å². The minimum Gasteiger partial charge on any atom is -0.433 e. The van der Waals surface area contributed by atoms with E-state index in [1.807, 2.05) is 5.10 Å². The number of sulfone groups is 1. The number of halogens is 8. The summed E-state index contributed by atoms with van der Waals surface area (Å²) in [5.74, 6) is -6.93. The Morgan fingerprint density at radius 2 is 1.71 bits per heavy atom. The maximum Gasteiger partial charge on any atom is 0.456 e. The molecule has 0 fully saturated rings. The first-order valence-corrected chi connectivity index (χ1v) is 9.68. The zero-order valence-electron chi connectivity index (χ0n) is 15.2. The highest BCUT2D eigenvalue weighted by Gasteiger charge is 2.58. The smallest absolute Gasteiger partial charge is 0.433 e. The highest BCUT2D eigenvalue weighted by molar-refractivity contribution is 7.91. The van der Waals surface area contributed by atoms with Crippen molar-refractivity contribution >= 4 is 9.84 Å². The van der Waals surface area contributed by atoms with Crippen molar-refractivity contribution in [2.45, 2.75) is 30.1 Å². The average Bonchev–Trinajstić information content (AvgIpc) is 2.65. The number of rotatable bonds is 6. The SMILES string of the molecule is CCS(=O)(=O)c1cc(C(F)(F)F)cnc1-c1ccc(OCC(F)(F)C(F)(F)F)[n+](=O)[nH]1. The van der Waals surface area contributed by atoms with Crippen molar-refractivity contribution in [3.05, 3.63) is 34.9 Å². The van der Waals surface area contributed by atoms with Crippen molar-refractivity contribution in [3.63, 3.8) is 0 Å². The topological polar surface area (TPSA) is 95.0 Å². The summed E-state index contributed by atoms with van der Waals surface area (Å²) in [6.07, 6.45) is -10.5. The first-order chi connectivity index (χ1) is 14.0. The molecule has 0 spiro atoms. The molecule has 1 N–H and O–H groups in total. The van der Waals surface area contributed by atoms with Gasteiger partial charge in [0.05, 0.1) is 27.2 Å². The van der Waals surface area contributed by atoms with Crippen LogP contribution in [-0.2, 0) is 16.0 Å². The fraction of sp³-hybridized carbons (Fsp3) is 0.400. The van der Waals surface area contributed by atoms with E-state index in [0.717, 1.165) is 13.0 Å². The van der Waals surface area contributed by atoms with Gasteiger partial charge < -0.3 is 4.74 Å². The molecule has 0 atom stereocenters. The minimum atomic E-state index is -5.93. The Morgan fingerprint density at radius 3 is 2.19 bits per heavy atom. The number of hydrogen-bond donors (Lipinski definition) is 1. The van der Waals surface area contributed by atoms with Gasteiger partial charge in [-0.1, -0.05) is 6.92 Å². The standard InChI is InChI=1S/C15H12F8N3O4S/c1-2-31(28,29)10-5-8(14(18,19)20)6-24-12(10)9-3-4-11(26(27)25-9)30-7-13(16,17)15(21,22)23/h3-6H,2,7H2,1H3,(H,25,27)/q+1. The third-order valence-corrected chi connectivity index (χ3v) is 5.52. The maximum absolute atomic E-state index is 12.9. The lowest BCUT2D eigenvalue weighted by Gasteiger charge is -2.17. The summed E-state index contributed by atoms with van der Waals surface area (Å²) in [5.41, 5.74) is -2.45. The predicted molar refractivity (Wildman–Crippen MR) is 86.6 cm³/mol. The van der Waals surface area contributed by atoms with Crippen LogP contribution in [0.1, 0.15) is 12.5 Å². The Bertz CT molecular complexity index is 1130. The van der Waals surface area contributed by atoms with E-state index < -0.39 is 72.7 Å². The number of hydrogen-bond acceptors (Lipinski definition) is 5. The Labute approximate surface area is 168 Å². The van der Waals surface area contributed by atoms with Crippen LogP contribution in [0.5, 0.6) is 5.88 Å². The van der Waals surface area contributed by atoms with Gasteiger partial charge in [-0.15, -0.1) is 5.10 Å². The molecule has 0 aromatic carbocycles. The number of pyridine rings is 1. The molecule has 2 aromatic rings. The number of aromatic nitrogens is 3. The Hall–Kier alpha value is -2.78. The average molecular weight is 482 g/mol. The first kappa shape index (κ1) is 24.5. The largest absolute Gasteiger partial charge is 0.456 e. The van der Waals surface area contributed by atoms with Crippen LogP contribution in [0.3, 0.4) is 0 Å². The molecule has 31 heavy (non-hydrogen) atoms. The summed E-state index contributed by atoms with van der Waals surface area (Å²) in [5, 5.41) is 1.86. The lowest BCUT2D eigenvalue weighted by molar-refractivity contribution is -0.572. The van der Waals surface area contributed by atoms with Crippen molar-refractivity contribution in [2.24, 2.45) is 0 Å². The summed E-state index contributed by atoms with van der Waals surface area (Å²) < 4.78 is 129. The number of aromatic amines is 1. The Balaban J connectivity index is 2.49. The molecule has 0 aliphatic carbocycles. The van der Waals surface area contributed by atoms with E-state index in [2.05, 4.69) is 9.72 Å². The summed E-state index contributed by atoms with van der Waals surface area (Å²) in [4.78, 5) is 14.4. The van der Waals surface area contributed by atoms with E-state index in [0.29, 0.717) is 18.3 Å². The zero-order valence-corrected chi connectivity index (χ0v) is 16.0. The second-order valence-electron chi connectivity index (χ2n) is 5.95. The second-order valence-corrected chi connectivity index (χ2v) is 8.20. The molecule has 0 aliphatic rings. The van der Waals surface area contributed by atoms with E-state index in [9.17, 15) is 48.4 Å². The zero-order chi connectivity index (χ0) is 23.8. The van der Waals surface area contributed by atoms with Gasteiger partial charge in [-0.05, 0) is 12.1 Å². The van der Waals surface area contributed by atoms with Crippen LogP contribution < -0.4 is 9.28 Å². The van der Waals surface area contributed by atoms with Gasteiger partial charge in [0.25, 0.3) is 0 Å². The van der Waals surface area contributed by atoms with Gasteiger partial charge in [0, 0.05) is 6.20 Å². The number of nitrogens with one attached hydrogen (secondary N) is 1. The van der Waals surface area contributed by atoms with E-state index in [1.165, 1.54) is 0 Å². The van der Waals surface area contributed by atoms with Gasteiger partial charge in [-0.25, -0.2) is 8.42 Å². The van der Waals surface area contributed by atoms with E-state index >= 15 is 0 Å². The lowest BCUT2D eigenvalue weighted by Crippen LogP contribution is -2.42. The Morgan fingerprint density at radius 1 is 1.10 bits per heavy atom. The van der Waals surface area contributed by atoms with Gasteiger partial charge in [0.1, 0.15) is 11.4 Å². The van der Waals surface area contributed by atoms with Crippen LogP contribution in [-0.4, -0.2) is 43.0 Å². The van der Waals surface area contributed by atoms with Gasteiger partial charge in [0.2, 0.25) is 4.54 Å². The van der Waals surface area contributed by atoms with Crippen LogP contribution in [0.2, 0.25) is 0 Å². The van der Waals surface area contributed by atoms with Crippen LogP contribution in [0.4, 0.5) is 35.1 Å². The number of ether oxygens (including phenoxy) is 1. The molecule has 172 valence electrons. The quantitative estimate of drug-likeness (QED) is 0.503. The van der Waals surface area contributed by atoms with Crippen LogP contribution in [0, 0.1) is 4.91 Å². The summed E-state index contributed by atoms with van der Waals surface area (Å²) in [6, 6.07) is 1.74. The summed E-state index contributed by atoms with van der Waals surface area (Å²) in [7, 11) is -4.28. The number of alkyl halides is 8. The number of H-pyrrole nitrogens is 1. The maximum atomic E-state index is 12.9. The van der Waals surface area contributed by atoms with Crippen molar-refractivity contribution < 1.29 is 52.8 Å². The third-order valence-electron chi connectivity index (χ3n) is 3.78. The van der Waals surface area contributed by atoms with Crippen LogP contribution in [0.15, 0.2) is 29.3 Å². The summed E-state index contributed by atoms with van der Waals surface area (Å²) >= 11 is 0. The minimum absolute atomic E-state index is 0.304. The second kappa shape index (κ2) is 8.05. The van der Waals surface area contributed by atoms with Gasteiger partial charge in [0.15, 0.2) is 16.4 Å². The molecule has 2 heterocycles. The van der Waals surface area contributed by atoms with Crippen molar-refractivity contribution in [2.75, 3.05) is 12.4 Å². The van der Waals surface area contributed by atoms with Gasteiger partial charge in [-0.3, -0.25) is 4.98 Å². The molecule has 0 unspecified atom stereocenters. The molecule has 2 aromatic heterocycles. The predicted octanol–water partition coefficient (Wildman–Crippen LogP) is 3.38. The molecular formula is C15H12F8N3O4S+. The van der Waals surface area contributed by atoms with E-state index in [-0.39, 0.29) is 0 Å². The molecule has 0 amide bonds. The normalized spacial score (nSPS) is 13.3. The fourth-order valence-electron chi connectivity index (χ4n) is 2.10. The Kier molecular flexibility index (Phi) is 6.36. The van der Waals surface area contributed by atoms with Crippen molar-refractivity contribution in [1.29, 1.82) is 0 Å². The monoisotopic (exact) mass is 482 g/mol. The first-order valence-electron chi connectivity index (χ1n) is 8.03. The van der Waals surface area contributed by atoms with Crippen LogP contribution >= 0.6 is 0 Å². The molecule has 16 heteroatoms. The lowest BCUT2D eigenvalue weighted by atomic mass is 10.2. The van der Waals surface area contributed by atoms with Crippen molar-refractivity contribution in [1.82, 2.24) is 10.1 Å². The molecule has 7 nitrogen and oxygen atoms in total. The molecular weight excluding hydrogens is 470 g/mol. The van der Waals surface area contributed by atoms with Gasteiger partial charge in [-0.2, -0.15) is 35.1 Å².